The van der Waals surface area contributed by atoms with Crippen molar-refractivity contribution in [3.63, 3.8) is 0 Å². The maximum atomic E-state index is 5.30. The molecular weight excluding hydrogens is 574 g/mol. The Bertz CT molecular complexity index is 2480. The Balaban J connectivity index is 1.25. The minimum absolute atomic E-state index is 0.624. The molecule has 0 atom stereocenters. The Kier molecular flexibility index (Phi) is 6.39. The largest absolute Gasteiger partial charge is 0.307 e. The fourth-order valence-corrected chi connectivity index (χ4v) is 6.45. The van der Waals surface area contributed by atoms with Crippen molar-refractivity contribution in [1.29, 1.82) is 0 Å². The first kappa shape index (κ1) is 26.9. The van der Waals surface area contributed by atoms with Crippen molar-refractivity contribution < 1.29 is 0 Å². The predicted octanol–water partition coefficient (Wildman–Crippen LogP) is 10.2. The molecule has 47 heavy (non-hydrogen) atoms. The normalized spacial score (nSPS) is 11.4. The first-order chi connectivity index (χ1) is 23.3. The van der Waals surface area contributed by atoms with Gasteiger partial charge in [-0.05, 0) is 24.3 Å². The topological polar surface area (TPSA) is 56.5 Å². The van der Waals surface area contributed by atoms with Gasteiger partial charge in [0.25, 0.3) is 0 Å². The van der Waals surface area contributed by atoms with Crippen LogP contribution in [0.2, 0.25) is 0 Å². The molecule has 9 aromatic rings. The highest BCUT2D eigenvalue weighted by molar-refractivity contribution is 6.23. The van der Waals surface area contributed by atoms with Gasteiger partial charge in [0.2, 0.25) is 0 Å². The van der Waals surface area contributed by atoms with Crippen molar-refractivity contribution in [3.05, 3.63) is 164 Å². The molecule has 0 bridgehead atoms. The Hall–Kier alpha value is -6.46. The summed E-state index contributed by atoms with van der Waals surface area (Å²) >= 11 is 0. The van der Waals surface area contributed by atoms with Gasteiger partial charge in [0.15, 0.2) is 17.5 Å². The summed E-state index contributed by atoms with van der Waals surface area (Å²) < 4.78 is 2.34. The van der Waals surface area contributed by atoms with Crippen LogP contribution in [-0.4, -0.2) is 24.5 Å². The third kappa shape index (κ3) is 4.64. The highest BCUT2D eigenvalue weighted by atomic mass is 15.0. The van der Waals surface area contributed by atoms with Crippen molar-refractivity contribution >= 4 is 32.7 Å². The molecule has 0 radical (unpaired) electrons. The highest BCUT2D eigenvalue weighted by Crippen LogP contribution is 2.41. The summed E-state index contributed by atoms with van der Waals surface area (Å²) in [6.07, 6.45) is 0. The first-order valence-electron chi connectivity index (χ1n) is 15.7. The Morgan fingerprint density at radius 3 is 1.45 bits per heavy atom. The fourth-order valence-electron chi connectivity index (χ4n) is 6.45. The average Bonchev–Trinajstić information content (AvgIpc) is 3.51. The van der Waals surface area contributed by atoms with E-state index < -0.39 is 0 Å². The zero-order chi connectivity index (χ0) is 31.2. The molecule has 5 heteroatoms. The molecule has 3 heterocycles. The second-order valence-electron chi connectivity index (χ2n) is 11.5. The molecule has 5 nitrogen and oxygen atoms in total. The number of hydrogen-bond donors (Lipinski definition) is 0. The number of hydrogen-bond acceptors (Lipinski definition) is 4. The van der Waals surface area contributed by atoms with E-state index in [1.807, 2.05) is 60.7 Å². The van der Waals surface area contributed by atoms with E-state index in [9.17, 15) is 0 Å². The average molecular weight is 602 g/mol. The lowest BCUT2D eigenvalue weighted by atomic mass is 10.0. The summed E-state index contributed by atoms with van der Waals surface area (Å²) in [5, 5.41) is 3.54. The fraction of sp³-hybridized carbons (Fsp3) is 0. The van der Waals surface area contributed by atoms with E-state index in [1.165, 1.54) is 10.8 Å². The van der Waals surface area contributed by atoms with E-state index in [0.717, 1.165) is 55.6 Å². The zero-order valence-electron chi connectivity index (χ0n) is 25.3. The summed E-state index contributed by atoms with van der Waals surface area (Å²) in [5.74, 6) is 1.91. The predicted molar refractivity (Wildman–Crippen MR) is 191 cm³/mol. The Labute approximate surface area is 271 Å². The zero-order valence-corrected chi connectivity index (χ0v) is 25.3. The lowest BCUT2D eigenvalue weighted by molar-refractivity contribution is 1.07. The number of para-hydroxylation sites is 3. The molecule has 0 aliphatic rings. The van der Waals surface area contributed by atoms with Gasteiger partial charge in [-0.15, -0.1) is 0 Å². The van der Waals surface area contributed by atoms with Gasteiger partial charge < -0.3 is 4.57 Å². The van der Waals surface area contributed by atoms with Gasteiger partial charge in [-0.3, -0.25) is 0 Å². The molecule has 0 saturated heterocycles. The number of aromatic nitrogens is 5. The molecule has 0 fully saturated rings. The third-order valence-corrected chi connectivity index (χ3v) is 8.63. The Morgan fingerprint density at radius 2 is 0.830 bits per heavy atom. The quantitative estimate of drug-likeness (QED) is 0.197. The van der Waals surface area contributed by atoms with Gasteiger partial charge in [-0.1, -0.05) is 140 Å². The van der Waals surface area contributed by atoms with Crippen molar-refractivity contribution in [2.75, 3.05) is 0 Å². The maximum Gasteiger partial charge on any atom is 0.164 e. The molecule has 0 spiro atoms. The molecule has 0 saturated carbocycles. The van der Waals surface area contributed by atoms with Gasteiger partial charge >= 0.3 is 0 Å². The van der Waals surface area contributed by atoms with Crippen molar-refractivity contribution in [2.45, 2.75) is 0 Å². The van der Waals surface area contributed by atoms with Crippen LogP contribution in [0.5, 0.6) is 0 Å². The molecule has 0 N–H and O–H groups in total. The molecular formula is C42H27N5. The van der Waals surface area contributed by atoms with Crippen LogP contribution >= 0.6 is 0 Å². The smallest absolute Gasteiger partial charge is 0.164 e. The van der Waals surface area contributed by atoms with Crippen molar-refractivity contribution in [2.24, 2.45) is 0 Å². The van der Waals surface area contributed by atoms with E-state index in [0.29, 0.717) is 17.5 Å². The van der Waals surface area contributed by atoms with Crippen LogP contribution in [0.15, 0.2) is 164 Å². The SMILES string of the molecule is c1ccc(-c2nc(-c3ccccc3)nc(-c3ccc(-c4nc5ccccc5c5c6ccccc6n(-c6ccccc6)c45)cc3)n2)cc1. The summed E-state index contributed by atoms with van der Waals surface area (Å²) in [7, 11) is 0. The summed E-state index contributed by atoms with van der Waals surface area (Å²) in [6, 6.07) is 56.1. The van der Waals surface area contributed by atoms with Crippen LogP contribution in [0.25, 0.3) is 83.8 Å². The van der Waals surface area contributed by atoms with Crippen LogP contribution in [-0.2, 0) is 0 Å². The number of nitrogens with zero attached hydrogens (tertiary/aromatic N) is 5. The molecule has 9 rings (SSSR count). The minimum Gasteiger partial charge on any atom is -0.307 e. The molecule has 0 aliphatic heterocycles. The molecule has 6 aromatic carbocycles. The molecule has 0 unspecified atom stereocenters. The number of rotatable bonds is 5. The third-order valence-electron chi connectivity index (χ3n) is 8.63. The van der Waals surface area contributed by atoms with E-state index in [1.54, 1.807) is 0 Å². The standard InChI is InChI=1S/C42H27N5/c1-4-14-29(15-5-1)40-44-41(30-16-6-2-7-17-30)46-42(45-40)31-26-24-28(25-27-31)38-39-37(33-20-10-12-22-35(33)43-38)34-21-11-13-23-36(34)47(39)32-18-8-3-9-19-32/h1-27H. The van der Waals surface area contributed by atoms with E-state index in [4.69, 9.17) is 19.9 Å². The van der Waals surface area contributed by atoms with Gasteiger partial charge in [-0.2, -0.15) is 0 Å². The van der Waals surface area contributed by atoms with Gasteiger partial charge in [0.05, 0.1) is 22.2 Å². The second-order valence-corrected chi connectivity index (χ2v) is 11.5. The van der Waals surface area contributed by atoms with Crippen LogP contribution in [0.1, 0.15) is 0 Å². The summed E-state index contributed by atoms with van der Waals surface area (Å²) in [6.45, 7) is 0. The lowest BCUT2D eigenvalue weighted by Gasteiger charge is -2.13. The first-order valence-corrected chi connectivity index (χ1v) is 15.7. The summed E-state index contributed by atoms with van der Waals surface area (Å²) in [4.78, 5) is 20.0. The number of benzene rings is 6. The summed E-state index contributed by atoms with van der Waals surface area (Å²) in [5.41, 5.74) is 9.04. The monoisotopic (exact) mass is 601 g/mol. The minimum atomic E-state index is 0.624. The van der Waals surface area contributed by atoms with E-state index in [2.05, 4.69) is 108 Å². The molecule has 220 valence electrons. The van der Waals surface area contributed by atoms with Crippen LogP contribution in [0.4, 0.5) is 0 Å². The number of pyridine rings is 1. The van der Waals surface area contributed by atoms with Crippen molar-refractivity contribution in [3.8, 4) is 51.1 Å². The maximum absolute atomic E-state index is 5.30. The Morgan fingerprint density at radius 1 is 0.362 bits per heavy atom. The van der Waals surface area contributed by atoms with Gasteiger partial charge in [-0.25, -0.2) is 19.9 Å². The van der Waals surface area contributed by atoms with Crippen LogP contribution < -0.4 is 0 Å². The highest BCUT2D eigenvalue weighted by Gasteiger charge is 2.21. The second kappa shape index (κ2) is 11.2. The van der Waals surface area contributed by atoms with E-state index >= 15 is 0 Å². The molecule has 0 aliphatic carbocycles. The van der Waals surface area contributed by atoms with Crippen LogP contribution in [0.3, 0.4) is 0 Å². The van der Waals surface area contributed by atoms with Crippen LogP contribution in [0, 0.1) is 0 Å². The molecule has 3 aromatic heterocycles. The van der Waals surface area contributed by atoms with Gasteiger partial charge in [0.1, 0.15) is 0 Å². The van der Waals surface area contributed by atoms with Crippen molar-refractivity contribution in [1.82, 2.24) is 24.5 Å². The van der Waals surface area contributed by atoms with E-state index in [-0.39, 0.29) is 0 Å². The number of fused-ring (bicyclic) bond motifs is 5. The molecule has 0 amide bonds. The van der Waals surface area contributed by atoms with Gasteiger partial charge in [0, 0.05) is 44.1 Å². The lowest BCUT2D eigenvalue weighted by Crippen LogP contribution is -2.00.